The smallest absolute Gasteiger partial charge is 0.193 e. The van der Waals surface area contributed by atoms with Crippen molar-refractivity contribution < 1.29 is 4.79 Å². The molecule has 0 amide bonds. The summed E-state index contributed by atoms with van der Waals surface area (Å²) in [6.07, 6.45) is 5.30. The highest BCUT2D eigenvalue weighted by molar-refractivity contribution is 6.11. The summed E-state index contributed by atoms with van der Waals surface area (Å²) in [5, 5.41) is 0. The number of carbonyl (C=O) groups excluding carboxylic acids is 1. The molecule has 0 saturated carbocycles. The number of allylic oxidation sites excluding steroid dienone is 4. The predicted molar refractivity (Wildman–Crippen MR) is 281 cm³/mol. The second-order valence-electron chi connectivity index (χ2n) is 19.6. The lowest BCUT2D eigenvalue weighted by molar-refractivity contribution is 0.103. The zero-order valence-electron chi connectivity index (χ0n) is 39.2. The van der Waals surface area contributed by atoms with Crippen LogP contribution >= 0.6 is 0 Å². The molecule has 9 aromatic rings. The summed E-state index contributed by atoms with van der Waals surface area (Å²) in [5.41, 5.74) is 28.9. The maximum absolute atomic E-state index is 15.6. The van der Waals surface area contributed by atoms with Crippen molar-refractivity contribution in [3.05, 3.63) is 289 Å². The van der Waals surface area contributed by atoms with Gasteiger partial charge in [0.1, 0.15) is 0 Å². The molecule has 0 aromatic heterocycles. The van der Waals surface area contributed by atoms with Crippen molar-refractivity contribution in [1.82, 2.24) is 0 Å². The van der Waals surface area contributed by atoms with Crippen LogP contribution in [0.25, 0.3) is 50.1 Å². The van der Waals surface area contributed by atoms with Crippen molar-refractivity contribution in [2.45, 2.75) is 51.9 Å². The van der Waals surface area contributed by atoms with Crippen molar-refractivity contribution in [3.63, 3.8) is 0 Å². The Kier molecular flexibility index (Phi) is 8.80. The summed E-state index contributed by atoms with van der Waals surface area (Å²) < 4.78 is 0. The van der Waals surface area contributed by atoms with Gasteiger partial charge in [-0.25, -0.2) is 0 Å². The molecule has 324 valence electrons. The average molecular weight is 871 g/mol. The van der Waals surface area contributed by atoms with E-state index in [1.54, 1.807) is 0 Å². The lowest BCUT2D eigenvalue weighted by atomic mass is 9.67. The molecule has 4 aliphatic carbocycles. The average Bonchev–Trinajstić information content (AvgIpc) is 4.04. The standard InChI is InChI=1S/C67H50O/c1-6-15-48-53-31-28-44(56-35-41(3)25-27-43(56)5)36-61(53)67(64(48)39-47-34-40(2)24-26-42(47)4)60-23-14-10-19-52(60)55-33-30-46(38-63(55)67)65(68)45-29-32-54-51-18-9-13-22-59(51)66(62(54)37-45)57-20-11-7-16-49(57)50-17-8-12-21-58(50)66/h6-38H,39H2,1-5H3. The Labute approximate surface area is 399 Å². The number of rotatable bonds is 6. The number of hydrogen-bond donors (Lipinski definition) is 0. The molecule has 1 heteroatoms. The van der Waals surface area contributed by atoms with Gasteiger partial charge in [0, 0.05) is 11.1 Å². The normalized spacial score (nSPS) is 16.2. The van der Waals surface area contributed by atoms with Gasteiger partial charge in [-0.1, -0.05) is 193 Å². The van der Waals surface area contributed by atoms with Crippen molar-refractivity contribution in [3.8, 4) is 44.5 Å². The number of fused-ring (bicyclic) bond motifs is 17. The first-order valence-corrected chi connectivity index (χ1v) is 24.1. The molecule has 1 atom stereocenters. The molecule has 0 heterocycles. The van der Waals surface area contributed by atoms with Crippen molar-refractivity contribution in [1.29, 1.82) is 0 Å². The largest absolute Gasteiger partial charge is 0.289 e. The summed E-state index contributed by atoms with van der Waals surface area (Å²) in [6.45, 7) is 11.0. The van der Waals surface area contributed by atoms with Gasteiger partial charge in [-0.2, -0.15) is 0 Å². The van der Waals surface area contributed by atoms with E-state index in [-0.39, 0.29) is 5.78 Å². The van der Waals surface area contributed by atoms with Gasteiger partial charge in [-0.05, 0) is 176 Å². The molecule has 9 aromatic carbocycles. The van der Waals surface area contributed by atoms with Gasteiger partial charge < -0.3 is 0 Å². The number of aryl methyl sites for hydroxylation is 4. The van der Waals surface area contributed by atoms with E-state index in [9.17, 15) is 0 Å². The number of carbonyl (C=O) groups is 1. The maximum Gasteiger partial charge on any atom is 0.193 e. The molecule has 0 N–H and O–H groups in total. The zero-order chi connectivity index (χ0) is 46.1. The molecule has 2 spiro atoms. The molecule has 0 radical (unpaired) electrons. The molecule has 0 aliphatic heterocycles. The molecule has 4 aliphatic rings. The summed E-state index contributed by atoms with van der Waals surface area (Å²) in [5.74, 6) is 0.0310. The lowest BCUT2D eigenvalue weighted by Gasteiger charge is -2.34. The molecule has 68 heavy (non-hydrogen) atoms. The SMILES string of the molecule is CC=CC1=C(Cc2cc(C)ccc2C)C2(c3cc(-c4cc(C)ccc4C)ccc31)c1ccccc1-c1ccc(C(=O)c3ccc4c(c3)C3(c5ccccc5-c5ccccc53)c3ccccc3-4)cc12. The minimum Gasteiger partial charge on any atom is -0.289 e. The van der Waals surface area contributed by atoms with Crippen LogP contribution in [0.5, 0.6) is 0 Å². The number of benzene rings is 9. The van der Waals surface area contributed by atoms with E-state index < -0.39 is 10.8 Å². The molecule has 1 unspecified atom stereocenters. The van der Waals surface area contributed by atoms with Crippen LogP contribution in [-0.2, 0) is 17.3 Å². The van der Waals surface area contributed by atoms with E-state index in [4.69, 9.17) is 0 Å². The van der Waals surface area contributed by atoms with Crippen molar-refractivity contribution in [2.75, 3.05) is 0 Å². The van der Waals surface area contributed by atoms with Gasteiger partial charge in [0.25, 0.3) is 0 Å². The molecule has 0 bridgehead atoms. The fourth-order valence-corrected chi connectivity index (χ4v) is 13.0. The minimum absolute atomic E-state index is 0.0310. The fraction of sp³-hybridized carbons (Fsp3) is 0.119. The quantitative estimate of drug-likeness (QED) is 0.152. The highest BCUT2D eigenvalue weighted by Crippen LogP contribution is 2.65. The van der Waals surface area contributed by atoms with Gasteiger partial charge in [0.15, 0.2) is 5.78 Å². The van der Waals surface area contributed by atoms with E-state index >= 15 is 4.79 Å². The summed E-state index contributed by atoms with van der Waals surface area (Å²) in [7, 11) is 0. The van der Waals surface area contributed by atoms with Crippen LogP contribution in [0.3, 0.4) is 0 Å². The van der Waals surface area contributed by atoms with Gasteiger partial charge >= 0.3 is 0 Å². The van der Waals surface area contributed by atoms with Crippen LogP contribution < -0.4 is 0 Å². The minimum atomic E-state index is -0.656. The van der Waals surface area contributed by atoms with Gasteiger partial charge in [0.05, 0.1) is 10.8 Å². The van der Waals surface area contributed by atoms with E-state index in [2.05, 4.69) is 235 Å². The topological polar surface area (TPSA) is 17.1 Å². The second kappa shape index (κ2) is 14.8. The molecule has 13 rings (SSSR count). The fourth-order valence-electron chi connectivity index (χ4n) is 13.0. The van der Waals surface area contributed by atoms with E-state index in [1.165, 1.54) is 128 Å². The predicted octanol–water partition coefficient (Wildman–Crippen LogP) is 16.1. The van der Waals surface area contributed by atoms with Crippen LogP contribution in [0.2, 0.25) is 0 Å². The maximum atomic E-state index is 15.6. The van der Waals surface area contributed by atoms with Gasteiger partial charge in [-0.15, -0.1) is 0 Å². The van der Waals surface area contributed by atoms with Crippen LogP contribution in [0.1, 0.15) is 95.2 Å². The third-order valence-electron chi connectivity index (χ3n) is 16.0. The summed E-state index contributed by atoms with van der Waals surface area (Å²) in [6, 6.07) is 69.5. The van der Waals surface area contributed by atoms with E-state index in [0.717, 1.165) is 6.42 Å². The molecular weight excluding hydrogens is 821 g/mol. The Bertz CT molecular complexity index is 3680. The third kappa shape index (κ3) is 5.36. The zero-order valence-corrected chi connectivity index (χ0v) is 39.2. The Hall–Kier alpha value is -7.87. The molecular formula is C67H50O. The number of ketones is 1. The van der Waals surface area contributed by atoms with E-state index in [0.29, 0.717) is 11.1 Å². The monoisotopic (exact) mass is 870 g/mol. The highest BCUT2D eigenvalue weighted by Gasteiger charge is 2.54. The number of hydrogen-bond acceptors (Lipinski definition) is 1. The van der Waals surface area contributed by atoms with Crippen LogP contribution in [-0.4, -0.2) is 5.78 Å². The van der Waals surface area contributed by atoms with Gasteiger partial charge in [0.2, 0.25) is 0 Å². The van der Waals surface area contributed by atoms with Crippen LogP contribution in [0.4, 0.5) is 0 Å². The molecule has 1 nitrogen and oxygen atoms in total. The van der Waals surface area contributed by atoms with Gasteiger partial charge in [-0.3, -0.25) is 4.79 Å². The van der Waals surface area contributed by atoms with Crippen molar-refractivity contribution in [2.24, 2.45) is 0 Å². The third-order valence-corrected chi connectivity index (χ3v) is 16.0. The van der Waals surface area contributed by atoms with E-state index in [1.807, 2.05) is 0 Å². The first kappa shape index (κ1) is 40.4. The lowest BCUT2D eigenvalue weighted by Crippen LogP contribution is -2.29. The Morgan fingerprint density at radius 1 is 0.412 bits per heavy atom. The first-order chi connectivity index (χ1) is 33.2. The Morgan fingerprint density at radius 2 is 0.868 bits per heavy atom. The van der Waals surface area contributed by atoms with Crippen LogP contribution in [0.15, 0.2) is 206 Å². The first-order valence-electron chi connectivity index (χ1n) is 24.1. The second-order valence-corrected chi connectivity index (χ2v) is 19.6. The van der Waals surface area contributed by atoms with Crippen LogP contribution in [0, 0.1) is 27.7 Å². The molecule has 0 saturated heterocycles. The summed E-state index contributed by atoms with van der Waals surface area (Å²) in [4.78, 5) is 15.6. The highest BCUT2D eigenvalue weighted by atomic mass is 16.1. The summed E-state index contributed by atoms with van der Waals surface area (Å²) >= 11 is 0. The molecule has 0 fully saturated rings. The van der Waals surface area contributed by atoms with Crippen molar-refractivity contribution >= 4 is 11.4 Å². The Balaban J connectivity index is 1.04. The Morgan fingerprint density at radius 3 is 1.43 bits per heavy atom.